The highest BCUT2D eigenvalue weighted by Crippen LogP contribution is 2.27. The lowest BCUT2D eigenvalue weighted by atomic mass is 9.93. The second-order valence-electron chi connectivity index (χ2n) is 10.6. The molecule has 0 aromatic heterocycles. The zero-order valence-electron chi connectivity index (χ0n) is 22.6. The van der Waals surface area contributed by atoms with Crippen molar-refractivity contribution in [2.75, 3.05) is 45.0 Å². The first-order valence-corrected chi connectivity index (χ1v) is 16.0. The maximum absolute atomic E-state index is 13.0. The minimum atomic E-state index is -3.94. The number of piperidine rings is 1. The molecule has 0 bridgehead atoms. The molecule has 0 aromatic rings. The van der Waals surface area contributed by atoms with Gasteiger partial charge in [-0.05, 0) is 39.5 Å². The fraction of sp³-hybridized carbons (Fsp3) is 0.963. The summed E-state index contributed by atoms with van der Waals surface area (Å²) in [5.41, 5.74) is 0. The molecular formula is C27H55N2O4S+. The minimum Gasteiger partial charge on any atom is -0.343 e. The van der Waals surface area contributed by atoms with Gasteiger partial charge in [-0.3, -0.25) is 9.35 Å². The third kappa shape index (κ3) is 13.4. The smallest absolute Gasteiger partial charge is 0.265 e. The Labute approximate surface area is 211 Å². The maximum atomic E-state index is 13.0. The molecule has 0 saturated carbocycles. The number of amides is 1. The zero-order chi connectivity index (χ0) is 25.3. The number of hydrogen-bond donors (Lipinski definition) is 1. The summed E-state index contributed by atoms with van der Waals surface area (Å²) in [6.45, 7) is 11.4. The van der Waals surface area contributed by atoms with Crippen LogP contribution in [0.3, 0.4) is 0 Å². The van der Waals surface area contributed by atoms with E-state index in [1.54, 1.807) is 0 Å². The number of likely N-dealkylation sites (tertiary alicyclic amines) is 1. The van der Waals surface area contributed by atoms with E-state index in [0.717, 1.165) is 63.0 Å². The molecule has 202 valence electrons. The van der Waals surface area contributed by atoms with Gasteiger partial charge in [-0.2, -0.15) is 8.42 Å². The van der Waals surface area contributed by atoms with E-state index in [4.69, 9.17) is 0 Å². The van der Waals surface area contributed by atoms with Gasteiger partial charge in [0.2, 0.25) is 5.91 Å². The number of carbonyl (C=O) groups excluding carboxylic acids is 1. The molecular weight excluding hydrogens is 448 g/mol. The Kier molecular flexibility index (Phi) is 16.3. The van der Waals surface area contributed by atoms with E-state index < -0.39 is 10.1 Å². The number of carbonyl (C=O) groups is 1. The van der Waals surface area contributed by atoms with E-state index in [0.29, 0.717) is 6.42 Å². The van der Waals surface area contributed by atoms with Gasteiger partial charge < -0.3 is 9.38 Å². The predicted octanol–water partition coefficient (Wildman–Crippen LogP) is 6.06. The predicted molar refractivity (Wildman–Crippen MR) is 142 cm³/mol. The summed E-state index contributed by atoms with van der Waals surface area (Å²) in [4.78, 5) is 15.0. The van der Waals surface area contributed by atoms with Crippen LogP contribution >= 0.6 is 0 Å². The van der Waals surface area contributed by atoms with Crippen molar-refractivity contribution in [3.05, 3.63) is 0 Å². The molecule has 1 rings (SSSR count). The lowest BCUT2D eigenvalue weighted by molar-refractivity contribution is -0.935. The zero-order valence-corrected chi connectivity index (χ0v) is 23.4. The van der Waals surface area contributed by atoms with Gasteiger partial charge >= 0.3 is 0 Å². The van der Waals surface area contributed by atoms with Crippen LogP contribution in [0.4, 0.5) is 0 Å². The van der Waals surface area contributed by atoms with E-state index in [1.807, 2.05) is 18.7 Å². The van der Waals surface area contributed by atoms with Crippen LogP contribution in [-0.4, -0.2) is 73.3 Å². The number of unbranched alkanes of at least 4 members (excludes halogenated alkanes) is 11. The fourth-order valence-electron chi connectivity index (χ4n) is 5.71. The summed E-state index contributed by atoms with van der Waals surface area (Å²) in [7, 11) is -3.94. The highest BCUT2D eigenvalue weighted by atomic mass is 32.2. The van der Waals surface area contributed by atoms with Crippen molar-refractivity contribution in [2.24, 2.45) is 5.92 Å². The monoisotopic (exact) mass is 503 g/mol. The number of rotatable bonds is 20. The molecule has 1 N–H and O–H groups in total. The van der Waals surface area contributed by atoms with Gasteiger partial charge in [-0.25, -0.2) is 0 Å². The number of hydrogen-bond acceptors (Lipinski definition) is 3. The molecule has 0 aromatic carbocycles. The van der Waals surface area contributed by atoms with Crippen LogP contribution in [0.15, 0.2) is 0 Å². The average Bonchev–Trinajstić information content (AvgIpc) is 2.80. The van der Waals surface area contributed by atoms with E-state index in [9.17, 15) is 17.8 Å². The lowest BCUT2D eigenvalue weighted by Crippen LogP contribution is -2.58. The van der Waals surface area contributed by atoms with E-state index in [-0.39, 0.29) is 17.6 Å². The summed E-state index contributed by atoms with van der Waals surface area (Å²) in [6.07, 6.45) is 18.3. The van der Waals surface area contributed by atoms with Crippen molar-refractivity contribution >= 4 is 16.0 Å². The van der Waals surface area contributed by atoms with Gasteiger partial charge in [0, 0.05) is 19.5 Å². The van der Waals surface area contributed by atoms with Crippen molar-refractivity contribution in [2.45, 2.75) is 117 Å². The average molecular weight is 504 g/mol. The van der Waals surface area contributed by atoms with Crippen LogP contribution in [0.25, 0.3) is 0 Å². The van der Waals surface area contributed by atoms with E-state index >= 15 is 0 Å². The molecule has 1 saturated heterocycles. The molecule has 1 amide bonds. The third-order valence-corrected chi connectivity index (χ3v) is 8.54. The Morgan fingerprint density at radius 2 is 1.32 bits per heavy atom. The fourth-order valence-corrected chi connectivity index (χ4v) is 6.20. The molecule has 1 aliphatic rings. The normalized spacial score (nSPS) is 21.0. The van der Waals surface area contributed by atoms with Gasteiger partial charge in [0.25, 0.3) is 10.1 Å². The highest BCUT2D eigenvalue weighted by Gasteiger charge is 2.38. The molecule has 0 radical (unpaired) electrons. The molecule has 34 heavy (non-hydrogen) atoms. The molecule has 0 aliphatic carbocycles. The Balaban J connectivity index is 2.46. The Morgan fingerprint density at radius 3 is 1.82 bits per heavy atom. The van der Waals surface area contributed by atoms with Crippen molar-refractivity contribution in [1.82, 2.24) is 4.90 Å². The molecule has 2 atom stereocenters. The second-order valence-corrected chi connectivity index (χ2v) is 12.1. The quantitative estimate of drug-likeness (QED) is 0.124. The van der Waals surface area contributed by atoms with Gasteiger partial charge in [-0.15, -0.1) is 0 Å². The Morgan fingerprint density at radius 1 is 0.824 bits per heavy atom. The van der Waals surface area contributed by atoms with Crippen LogP contribution < -0.4 is 0 Å². The SMILES string of the molecule is CCCCCCCCCCCCCC[N@+]1(CCCS(=O)(=O)O)CCC[C@H](C(=O)N(CC)CC)C1. The molecule has 0 spiro atoms. The molecule has 7 heteroatoms. The Hall–Kier alpha value is -0.660. The van der Waals surface area contributed by atoms with Gasteiger partial charge in [0.05, 0.1) is 37.8 Å². The third-order valence-electron chi connectivity index (χ3n) is 7.74. The van der Waals surface area contributed by atoms with Crippen molar-refractivity contribution in [3.8, 4) is 0 Å². The van der Waals surface area contributed by atoms with E-state index in [1.165, 1.54) is 70.6 Å². The minimum absolute atomic E-state index is 0.0386. The van der Waals surface area contributed by atoms with Crippen molar-refractivity contribution in [3.63, 3.8) is 0 Å². The molecule has 6 nitrogen and oxygen atoms in total. The van der Waals surface area contributed by atoms with E-state index in [2.05, 4.69) is 6.92 Å². The second kappa shape index (κ2) is 17.7. The first-order chi connectivity index (χ1) is 16.3. The highest BCUT2D eigenvalue weighted by molar-refractivity contribution is 7.85. The lowest BCUT2D eigenvalue weighted by Gasteiger charge is -2.45. The number of nitrogens with zero attached hydrogens (tertiary/aromatic N) is 2. The van der Waals surface area contributed by atoms with Crippen LogP contribution in [-0.2, 0) is 14.9 Å². The van der Waals surface area contributed by atoms with Gasteiger partial charge in [0.1, 0.15) is 0 Å². The van der Waals surface area contributed by atoms with Crippen molar-refractivity contribution < 1.29 is 22.2 Å². The molecule has 1 aliphatic heterocycles. The topological polar surface area (TPSA) is 74.7 Å². The molecule has 1 fully saturated rings. The molecule has 1 heterocycles. The largest absolute Gasteiger partial charge is 0.343 e. The van der Waals surface area contributed by atoms with Crippen molar-refractivity contribution in [1.29, 1.82) is 0 Å². The summed E-state index contributed by atoms with van der Waals surface area (Å²) < 4.78 is 32.6. The Bertz CT molecular complexity index is 637. The van der Waals surface area contributed by atoms with Crippen LogP contribution in [0.5, 0.6) is 0 Å². The van der Waals surface area contributed by atoms with Gasteiger partial charge in [-0.1, -0.05) is 71.1 Å². The van der Waals surface area contributed by atoms with Crippen LogP contribution in [0.2, 0.25) is 0 Å². The standard InChI is InChI=1S/C27H54N2O4S/c1-4-7-8-9-10-11-12-13-14-15-16-17-21-29(23-19-24-34(31,32)33)22-18-20-26(25-29)27(30)28(5-2)6-3/h26H,4-25H2,1-3H3/p+1/t26-,29+/m0/s1. The summed E-state index contributed by atoms with van der Waals surface area (Å²) in [6, 6.07) is 0. The van der Waals surface area contributed by atoms with Crippen LogP contribution in [0.1, 0.15) is 117 Å². The summed E-state index contributed by atoms with van der Waals surface area (Å²) in [5, 5.41) is 0. The first-order valence-electron chi connectivity index (χ1n) is 14.4. The maximum Gasteiger partial charge on any atom is 0.265 e. The summed E-state index contributed by atoms with van der Waals surface area (Å²) in [5.74, 6) is 0.119. The van der Waals surface area contributed by atoms with Gasteiger partial charge in [0.15, 0.2) is 0 Å². The summed E-state index contributed by atoms with van der Waals surface area (Å²) >= 11 is 0. The first kappa shape index (κ1) is 31.4. The number of quaternary nitrogens is 1. The van der Waals surface area contributed by atoms with Crippen LogP contribution in [0, 0.1) is 5.92 Å². The molecule has 0 unspecified atom stereocenters.